The molecule has 1 aliphatic rings. The van der Waals surface area contributed by atoms with Gasteiger partial charge in [-0.25, -0.2) is 4.79 Å². The lowest BCUT2D eigenvalue weighted by molar-refractivity contribution is -0.151. The van der Waals surface area contributed by atoms with Crippen molar-refractivity contribution in [1.29, 1.82) is 0 Å². The van der Waals surface area contributed by atoms with Crippen molar-refractivity contribution in [3.63, 3.8) is 0 Å². The van der Waals surface area contributed by atoms with Gasteiger partial charge in [-0.15, -0.1) is 0 Å². The maximum atomic E-state index is 10.1. The number of aliphatic hydroxyl groups excluding tert-OH is 1. The highest BCUT2D eigenvalue weighted by atomic mass is 16.5. The number of hydrogen-bond acceptors (Lipinski definition) is 3. The summed E-state index contributed by atoms with van der Waals surface area (Å²) >= 11 is 0. The van der Waals surface area contributed by atoms with Gasteiger partial charge in [-0.2, -0.15) is 0 Å². The van der Waals surface area contributed by atoms with Gasteiger partial charge in [0.25, 0.3) is 0 Å². The van der Waals surface area contributed by atoms with E-state index in [0.717, 1.165) is 0 Å². The Balaban J connectivity index is 2.49. The van der Waals surface area contributed by atoms with Crippen LogP contribution in [-0.2, 0) is 9.53 Å². The molecule has 52 valence electrons. The smallest absolute Gasteiger partial charge is 0.335 e. The second kappa shape index (κ2) is 2.33. The Hall–Kier alpha value is -0.610. The van der Waals surface area contributed by atoms with E-state index in [1.54, 1.807) is 0 Å². The third-order valence-electron chi connectivity index (χ3n) is 1.30. The topological polar surface area (TPSA) is 66.8 Å². The van der Waals surface area contributed by atoms with Gasteiger partial charge in [0, 0.05) is 0 Å². The fourth-order valence-corrected chi connectivity index (χ4v) is 0.814. The van der Waals surface area contributed by atoms with Gasteiger partial charge in [-0.1, -0.05) is 0 Å². The SMILES string of the molecule is O=C(O)[C@@H]1OCC[C@H]1O. The lowest BCUT2D eigenvalue weighted by Crippen LogP contribution is -2.29. The van der Waals surface area contributed by atoms with Crippen LogP contribution in [0.15, 0.2) is 0 Å². The molecule has 4 heteroatoms. The third kappa shape index (κ3) is 1.20. The molecule has 0 aromatic heterocycles. The molecular formula is C5H8O4. The van der Waals surface area contributed by atoms with Crippen molar-refractivity contribution >= 4 is 5.97 Å². The molecule has 0 radical (unpaired) electrons. The van der Waals surface area contributed by atoms with Crippen molar-refractivity contribution < 1.29 is 19.7 Å². The molecule has 0 unspecified atom stereocenters. The number of carboxylic acid groups (broad SMARTS) is 1. The molecule has 0 spiro atoms. The number of rotatable bonds is 1. The Kier molecular flexibility index (Phi) is 1.68. The second-order valence-electron chi connectivity index (χ2n) is 1.99. The maximum absolute atomic E-state index is 10.1. The fraction of sp³-hybridized carbons (Fsp3) is 0.800. The van der Waals surface area contributed by atoms with E-state index in [4.69, 9.17) is 10.2 Å². The van der Waals surface area contributed by atoms with E-state index >= 15 is 0 Å². The molecule has 0 aromatic carbocycles. The van der Waals surface area contributed by atoms with Gasteiger partial charge in [-0.3, -0.25) is 0 Å². The van der Waals surface area contributed by atoms with Crippen LogP contribution >= 0.6 is 0 Å². The highest BCUT2D eigenvalue weighted by molar-refractivity contribution is 5.73. The van der Waals surface area contributed by atoms with Crippen molar-refractivity contribution in [3.05, 3.63) is 0 Å². The number of carbonyl (C=O) groups is 1. The monoisotopic (exact) mass is 132 g/mol. The normalized spacial score (nSPS) is 34.8. The van der Waals surface area contributed by atoms with Gasteiger partial charge in [0.05, 0.1) is 12.7 Å². The van der Waals surface area contributed by atoms with E-state index in [-0.39, 0.29) is 0 Å². The Labute approximate surface area is 52.1 Å². The van der Waals surface area contributed by atoms with Gasteiger partial charge in [0.15, 0.2) is 6.10 Å². The summed E-state index contributed by atoms with van der Waals surface area (Å²) in [6.07, 6.45) is -1.38. The van der Waals surface area contributed by atoms with Crippen LogP contribution in [0.3, 0.4) is 0 Å². The van der Waals surface area contributed by atoms with Crippen LogP contribution < -0.4 is 0 Å². The highest BCUT2D eigenvalue weighted by Crippen LogP contribution is 2.12. The third-order valence-corrected chi connectivity index (χ3v) is 1.30. The average Bonchev–Trinajstić information content (AvgIpc) is 2.13. The number of ether oxygens (including phenoxy) is 1. The van der Waals surface area contributed by atoms with Gasteiger partial charge < -0.3 is 14.9 Å². The predicted molar refractivity (Wildman–Crippen MR) is 28.0 cm³/mol. The Morgan fingerprint density at radius 3 is 2.56 bits per heavy atom. The number of hydrogen-bond donors (Lipinski definition) is 2. The van der Waals surface area contributed by atoms with Crippen molar-refractivity contribution in [2.75, 3.05) is 6.61 Å². The highest BCUT2D eigenvalue weighted by Gasteiger charge is 2.32. The number of aliphatic hydroxyl groups is 1. The Morgan fingerprint density at radius 1 is 1.67 bits per heavy atom. The molecule has 0 amide bonds. The first kappa shape index (κ1) is 6.51. The second-order valence-corrected chi connectivity index (χ2v) is 1.99. The molecule has 2 atom stereocenters. The lowest BCUT2D eigenvalue weighted by Gasteiger charge is -2.05. The molecule has 1 aliphatic heterocycles. The van der Waals surface area contributed by atoms with Gasteiger partial charge in [0.2, 0.25) is 0 Å². The minimum absolute atomic E-state index is 0.345. The van der Waals surface area contributed by atoms with Crippen LogP contribution in [-0.4, -0.2) is 35.0 Å². The first-order valence-electron chi connectivity index (χ1n) is 2.74. The standard InChI is InChI=1S/C5H8O4/c6-3-1-2-9-4(3)5(7)8/h3-4,6H,1-2H2,(H,7,8)/t3-,4-/m1/s1. The molecule has 0 bridgehead atoms. The van der Waals surface area contributed by atoms with E-state index in [2.05, 4.69) is 4.74 Å². The predicted octanol–water partition coefficient (Wildman–Crippen LogP) is -0.779. The van der Waals surface area contributed by atoms with Gasteiger partial charge >= 0.3 is 5.97 Å². The van der Waals surface area contributed by atoms with Crippen LogP contribution in [0.2, 0.25) is 0 Å². The van der Waals surface area contributed by atoms with Crippen LogP contribution in [0.25, 0.3) is 0 Å². The van der Waals surface area contributed by atoms with Gasteiger partial charge in [-0.05, 0) is 6.42 Å². The van der Waals surface area contributed by atoms with Crippen LogP contribution in [0.5, 0.6) is 0 Å². The molecule has 4 nitrogen and oxygen atoms in total. The number of carboxylic acids is 1. The molecule has 0 saturated carbocycles. The Morgan fingerprint density at radius 2 is 2.33 bits per heavy atom. The van der Waals surface area contributed by atoms with E-state index in [9.17, 15) is 4.79 Å². The minimum atomic E-state index is -1.08. The zero-order chi connectivity index (χ0) is 6.85. The van der Waals surface area contributed by atoms with E-state index in [1.165, 1.54) is 0 Å². The summed E-state index contributed by atoms with van der Waals surface area (Å²) in [4.78, 5) is 10.1. The average molecular weight is 132 g/mol. The van der Waals surface area contributed by atoms with Crippen molar-refractivity contribution in [3.8, 4) is 0 Å². The molecule has 1 heterocycles. The molecule has 1 fully saturated rings. The minimum Gasteiger partial charge on any atom is -0.479 e. The van der Waals surface area contributed by atoms with E-state index in [1.807, 2.05) is 0 Å². The molecule has 0 aromatic rings. The molecule has 1 saturated heterocycles. The zero-order valence-corrected chi connectivity index (χ0v) is 4.78. The summed E-state index contributed by atoms with van der Waals surface area (Å²) in [5.41, 5.74) is 0. The van der Waals surface area contributed by atoms with E-state index < -0.39 is 18.2 Å². The quantitative estimate of drug-likeness (QED) is 0.491. The fourth-order valence-electron chi connectivity index (χ4n) is 0.814. The summed E-state index contributed by atoms with van der Waals surface area (Å²) in [6, 6.07) is 0. The van der Waals surface area contributed by atoms with Crippen molar-refractivity contribution in [2.24, 2.45) is 0 Å². The lowest BCUT2D eigenvalue weighted by atomic mass is 10.2. The molecule has 9 heavy (non-hydrogen) atoms. The largest absolute Gasteiger partial charge is 0.479 e. The van der Waals surface area contributed by atoms with Gasteiger partial charge in [0.1, 0.15) is 0 Å². The van der Waals surface area contributed by atoms with Crippen molar-refractivity contribution in [1.82, 2.24) is 0 Å². The van der Waals surface area contributed by atoms with Crippen LogP contribution in [0.1, 0.15) is 6.42 Å². The molecule has 2 N–H and O–H groups in total. The molecule has 1 rings (SSSR count). The first-order chi connectivity index (χ1) is 4.22. The number of aliphatic carboxylic acids is 1. The molecular weight excluding hydrogens is 124 g/mol. The summed E-state index contributed by atoms with van der Waals surface area (Å²) < 4.78 is 4.68. The first-order valence-corrected chi connectivity index (χ1v) is 2.74. The Bertz CT molecular complexity index is 122. The zero-order valence-electron chi connectivity index (χ0n) is 4.78. The van der Waals surface area contributed by atoms with Crippen LogP contribution in [0.4, 0.5) is 0 Å². The van der Waals surface area contributed by atoms with Crippen LogP contribution in [0, 0.1) is 0 Å². The molecule has 0 aliphatic carbocycles. The summed E-state index contributed by atoms with van der Waals surface area (Å²) in [5.74, 6) is -1.08. The summed E-state index contributed by atoms with van der Waals surface area (Å²) in [6.45, 7) is 0.345. The maximum Gasteiger partial charge on any atom is 0.335 e. The van der Waals surface area contributed by atoms with Crippen molar-refractivity contribution in [2.45, 2.75) is 18.6 Å². The van der Waals surface area contributed by atoms with E-state index in [0.29, 0.717) is 13.0 Å². The summed E-state index contributed by atoms with van der Waals surface area (Å²) in [5, 5.41) is 17.2. The summed E-state index contributed by atoms with van der Waals surface area (Å²) in [7, 11) is 0.